The highest BCUT2D eigenvalue weighted by molar-refractivity contribution is 5.98. The lowest BCUT2D eigenvalue weighted by Gasteiger charge is -2.37. The van der Waals surface area contributed by atoms with Crippen LogP contribution in [0.3, 0.4) is 0 Å². The SMILES string of the molecule is Cc1nc2c(cnn2C(C)C)cc1C(=O)NC1CCC(C)(C)c2ccccc21. The number of aromatic nitrogens is 3. The molecular formula is C23H28N4O. The van der Waals surface area contributed by atoms with Crippen LogP contribution in [0.1, 0.15) is 79.8 Å². The minimum Gasteiger partial charge on any atom is -0.345 e. The molecule has 1 N–H and O–H groups in total. The van der Waals surface area contributed by atoms with Crippen molar-refractivity contribution < 1.29 is 4.79 Å². The third-order valence-corrected chi connectivity index (χ3v) is 5.92. The molecule has 0 bridgehead atoms. The number of nitrogens with zero attached hydrogens (tertiary/aromatic N) is 3. The van der Waals surface area contributed by atoms with Crippen LogP contribution in [0, 0.1) is 6.92 Å². The molecular weight excluding hydrogens is 348 g/mol. The first-order chi connectivity index (χ1) is 13.3. The summed E-state index contributed by atoms with van der Waals surface area (Å²) in [6.45, 7) is 10.6. The van der Waals surface area contributed by atoms with Crippen molar-refractivity contribution in [3.05, 3.63) is 58.9 Å². The van der Waals surface area contributed by atoms with E-state index in [1.807, 2.05) is 17.7 Å². The number of aryl methyl sites for hydroxylation is 1. The molecule has 0 spiro atoms. The van der Waals surface area contributed by atoms with Crippen molar-refractivity contribution in [1.82, 2.24) is 20.1 Å². The average Bonchev–Trinajstić information content (AvgIpc) is 3.06. The first kappa shape index (κ1) is 18.7. The fraction of sp³-hybridized carbons (Fsp3) is 0.435. The number of amides is 1. The lowest BCUT2D eigenvalue weighted by atomic mass is 9.71. The Kier molecular flexibility index (Phi) is 4.48. The van der Waals surface area contributed by atoms with Crippen molar-refractivity contribution in [3.63, 3.8) is 0 Å². The molecule has 1 aliphatic carbocycles. The molecule has 2 aromatic heterocycles. The first-order valence-electron chi connectivity index (χ1n) is 10.0. The van der Waals surface area contributed by atoms with Crippen molar-refractivity contribution in [2.75, 3.05) is 0 Å². The van der Waals surface area contributed by atoms with Gasteiger partial charge in [-0.2, -0.15) is 5.10 Å². The second kappa shape index (κ2) is 6.73. The number of hydrogen-bond acceptors (Lipinski definition) is 3. The minimum absolute atomic E-state index is 0.0326. The zero-order valence-corrected chi connectivity index (χ0v) is 17.3. The second-order valence-corrected chi connectivity index (χ2v) is 8.75. The molecule has 0 saturated carbocycles. The second-order valence-electron chi connectivity index (χ2n) is 8.75. The summed E-state index contributed by atoms with van der Waals surface area (Å²) in [4.78, 5) is 17.8. The fourth-order valence-electron chi connectivity index (χ4n) is 4.27. The summed E-state index contributed by atoms with van der Waals surface area (Å²) < 4.78 is 1.89. The van der Waals surface area contributed by atoms with E-state index in [0.29, 0.717) is 5.56 Å². The summed E-state index contributed by atoms with van der Waals surface area (Å²) in [5.41, 5.74) is 4.88. The zero-order valence-electron chi connectivity index (χ0n) is 17.3. The number of hydrogen-bond donors (Lipinski definition) is 1. The monoisotopic (exact) mass is 376 g/mol. The van der Waals surface area contributed by atoms with Crippen LogP contribution in [-0.2, 0) is 5.41 Å². The number of fused-ring (bicyclic) bond motifs is 2. The Balaban J connectivity index is 1.65. The van der Waals surface area contributed by atoms with Gasteiger partial charge in [-0.3, -0.25) is 4.79 Å². The average molecular weight is 377 g/mol. The Hall–Kier alpha value is -2.69. The van der Waals surface area contributed by atoms with E-state index in [1.54, 1.807) is 6.20 Å². The largest absolute Gasteiger partial charge is 0.345 e. The highest BCUT2D eigenvalue weighted by Crippen LogP contribution is 2.41. The number of carbonyl (C=O) groups excluding carboxylic acids is 1. The Morgan fingerprint density at radius 3 is 2.79 bits per heavy atom. The van der Waals surface area contributed by atoms with Gasteiger partial charge in [0, 0.05) is 11.4 Å². The van der Waals surface area contributed by atoms with E-state index in [-0.39, 0.29) is 23.4 Å². The Morgan fingerprint density at radius 1 is 1.29 bits per heavy atom. The van der Waals surface area contributed by atoms with Gasteiger partial charge in [0.25, 0.3) is 5.91 Å². The van der Waals surface area contributed by atoms with Crippen molar-refractivity contribution in [1.29, 1.82) is 0 Å². The molecule has 28 heavy (non-hydrogen) atoms. The van der Waals surface area contributed by atoms with Crippen molar-refractivity contribution in [2.24, 2.45) is 0 Å². The summed E-state index contributed by atoms with van der Waals surface area (Å²) in [6, 6.07) is 10.6. The zero-order chi connectivity index (χ0) is 20.1. The summed E-state index contributed by atoms with van der Waals surface area (Å²) in [6.07, 6.45) is 3.78. The number of pyridine rings is 1. The van der Waals surface area contributed by atoms with Gasteiger partial charge in [-0.25, -0.2) is 9.67 Å². The van der Waals surface area contributed by atoms with Gasteiger partial charge < -0.3 is 5.32 Å². The third-order valence-electron chi connectivity index (χ3n) is 5.92. The molecule has 4 rings (SSSR count). The standard InChI is InChI=1S/C23H28N4O/c1-14(2)27-21-16(13-24-27)12-18(15(3)25-21)22(28)26-20-10-11-23(4,5)19-9-7-6-8-17(19)20/h6-9,12-14,20H,10-11H2,1-5H3,(H,26,28). The van der Waals surface area contributed by atoms with Gasteiger partial charge >= 0.3 is 0 Å². The Bertz CT molecular complexity index is 1050. The molecule has 0 radical (unpaired) electrons. The predicted octanol–water partition coefficient (Wildman–Crippen LogP) is 4.86. The highest BCUT2D eigenvalue weighted by atomic mass is 16.1. The molecule has 1 aromatic carbocycles. The fourth-order valence-corrected chi connectivity index (χ4v) is 4.27. The number of benzene rings is 1. The number of rotatable bonds is 3. The van der Waals surface area contributed by atoms with Crippen LogP contribution in [0.2, 0.25) is 0 Å². The number of carbonyl (C=O) groups is 1. The van der Waals surface area contributed by atoms with E-state index < -0.39 is 0 Å². The van der Waals surface area contributed by atoms with Gasteiger partial charge in [-0.15, -0.1) is 0 Å². The van der Waals surface area contributed by atoms with E-state index >= 15 is 0 Å². The maximum Gasteiger partial charge on any atom is 0.253 e. The van der Waals surface area contributed by atoms with Crippen LogP contribution in [0.25, 0.3) is 11.0 Å². The molecule has 0 fully saturated rings. The molecule has 3 aromatic rings. The van der Waals surface area contributed by atoms with Crippen LogP contribution in [0.5, 0.6) is 0 Å². The van der Waals surface area contributed by atoms with Gasteiger partial charge in [0.15, 0.2) is 5.65 Å². The minimum atomic E-state index is -0.0660. The molecule has 1 atom stereocenters. The molecule has 5 nitrogen and oxygen atoms in total. The summed E-state index contributed by atoms with van der Waals surface area (Å²) >= 11 is 0. The first-order valence-corrected chi connectivity index (χ1v) is 10.0. The van der Waals surface area contributed by atoms with Gasteiger partial charge in [-0.05, 0) is 56.2 Å². The topological polar surface area (TPSA) is 59.8 Å². The van der Waals surface area contributed by atoms with E-state index in [4.69, 9.17) is 0 Å². The molecule has 0 saturated heterocycles. The summed E-state index contributed by atoms with van der Waals surface area (Å²) in [5.74, 6) is -0.0660. The van der Waals surface area contributed by atoms with Gasteiger partial charge in [0.1, 0.15) is 0 Å². The maximum atomic E-state index is 13.1. The maximum absolute atomic E-state index is 13.1. The van der Waals surface area contributed by atoms with E-state index in [2.05, 4.69) is 67.4 Å². The normalized spacial score (nSPS) is 18.3. The predicted molar refractivity (Wildman–Crippen MR) is 112 cm³/mol. The van der Waals surface area contributed by atoms with Crippen molar-refractivity contribution >= 4 is 16.9 Å². The molecule has 0 aliphatic heterocycles. The summed E-state index contributed by atoms with van der Waals surface area (Å²) in [7, 11) is 0. The van der Waals surface area contributed by atoms with Crippen LogP contribution in [0.15, 0.2) is 36.5 Å². The van der Waals surface area contributed by atoms with Gasteiger partial charge in [0.05, 0.1) is 23.5 Å². The quantitative estimate of drug-likeness (QED) is 0.710. The molecule has 1 amide bonds. The van der Waals surface area contributed by atoms with E-state index in [9.17, 15) is 4.79 Å². The third kappa shape index (κ3) is 3.09. The lowest BCUT2D eigenvalue weighted by Crippen LogP contribution is -2.36. The van der Waals surface area contributed by atoms with Gasteiger partial charge in [-0.1, -0.05) is 38.1 Å². The Labute approximate surface area is 166 Å². The van der Waals surface area contributed by atoms with E-state index in [1.165, 1.54) is 11.1 Å². The molecule has 146 valence electrons. The van der Waals surface area contributed by atoms with Crippen LogP contribution in [0.4, 0.5) is 0 Å². The van der Waals surface area contributed by atoms with Crippen molar-refractivity contribution in [3.8, 4) is 0 Å². The number of nitrogens with one attached hydrogen (secondary N) is 1. The highest BCUT2D eigenvalue weighted by Gasteiger charge is 2.33. The summed E-state index contributed by atoms with van der Waals surface area (Å²) in [5, 5.41) is 8.58. The molecule has 1 aliphatic rings. The molecule has 2 heterocycles. The molecule has 5 heteroatoms. The smallest absolute Gasteiger partial charge is 0.253 e. The van der Waals surface area contributed by atoms with E-state index in [0.717, 1.165) is 29.6 Å². The van der Waals surface area contributed by atoms with Crippen LogP contribution in [-0.4, -0.2) is 20.7 Å². The lowest BCUT2D eigenvalue weighted by molar-refractivity contribution is 0.0928. The van der Waals surface area contributed by atoms with Crippen LogP contribution >= 0.6 is 0 Å². The van der Waals surface area contributed by atoms with Crippen LogP contribution < -0.4 is 5.32 Å². The molecule has 1 unspecified atom stereocenters. The van der Waals surface area contributed by atoms with Gasteiger partial charge in [0.2, 0.25) is 0 Å². The Morgan fingerprint density at radius 2 is 2.04 bits per heavy atom. The van der Waals surface area contributed by atoms with Crippen molar-refractivity contribution in [2.45, 2.75) is 65.0 Å².